The number of carbonyl (C=O) groups is 1. The van der Waals surface area contributed by atoms with Gasteiger partial charge in [0.05, 0.1) is 0 Å². The minimum absolute atomic E-state index is 0.158. The number of nitrogens with zero attached hydrogens (tertiary/aromatic N) is 1. The lowest BCUT2D eigenvalue weighted by Gasteiger charge is -2.30. The van der Waals surface area contributed by atoms with E-state index in [0.717, 1.165) is 18.6 Å². The molecule has 0 unspecified atom stereocenters. The smallest absolute Gasteiger partial charge is 0.406 e. The lowest BCUT2D eigenvalue weighted by Crippen LogP contribution is -2.41. The third-order valence-corrected chi connectivity index (χ3v) is 2.48. The van der Waals surface area contributed by atoms with Crippen molar-refractivity contribution in [3.05, 3.63) is 29.8 Å². The molecule has 2 rings (SSSR count). The van der Waals surface area contributed by atoms with Gasteiger partial charge in [0.15, 0.2) is 0 Å². The number of alkyl halides is 3. The van der Waals surface area contributed by atoms with Crippen LogP contribution in [0.4, 0.5) is 13.2 Å². The predicted octanol–water partition coefficient (Wildman–Crippen LogP) is 2.43. The van der Waals surface area contributed by atoms with Crippen LogP contribution in [0.3, 0.4) is 0 Å². The largest absolute Gasteiger partial charge is 0.573 e. The number of likely N-dealkylation sites (tertiary alicyclic amines) is 1. The Balaban J connectivity index is 2.04. The summed E-state index contributed by atoms with van der Waals surface area (Å²) in [7, 11) is 0. The maximum absolute atomic E-state index is 11.9. The van der Waals surface area contributed by atoms with Crippen molar-refractivity contribution in [1.29, 1.82) is 0 Å². The fourth-order valence-electron chi connectivity index (χ4n) is 1.50. The minimum Gasteiger partial charge on any atom is -0.406 e. The maximum Gasteiger partial charge on any atom is 0.573 e. The highest BCUT2D eigenvalue weighted by molar-refractivity contribution is 5.94. The third kappa shape index (κ3) is 2.89. The number of halogens is 3. The molecule has 1 aliphatic heterocycles. The van der Waals surface area contributed by atoms with E-state index in [1.165, 1.54) is 12.1 Å². The zero-order valence-electron chi connectivity index (χ0n) is 8.83. The van der Waals surface area contributed by atoms with E-state index < -0.39 is 6.36 Å². The molecule has 0 bridgehead atoms. The van der Waals surface area contributed by atoms with Gasteiger partial charge in [0.25, 0.3) is 5.91 Å². The van der Waals surface area contributed by atoms with Crippen molar-refractivity contribution in [1.82, 2.24) is 4.90 Å². The molecule has 1 heterocycles. The first-order valence-electron chi connectivity index (χ1n) is 5.11. The number of carbonyl (C=O) groups excluding carboxylic acids is 1. The maximum atomic E-state index is 11.9. The summed E-state index contributed by atoms with van der Waals surface area (Å²) in [6.07, 6.45) is -3.73. The summed E-state index contributed by atoms with van der Waals surface area (Å²) in [5, 5.41) is 0. The van der Waals surface area contributed by atoms with Gasteiger partial charge in [-0.25, -0.2) is 0 Å². The highest BCUT2D eigenvalue weighted by Crippen LogP contribution is 2.23. The van der Waals surface area contributed by atoms with Crippen LogP contribution in [0.15, 0.2) is 24.3 Å². The summed E-state index contributed by atoms with van der Waals surface area (Å²) >= 11 is 0. The predicted molar refractivity (Wildman–Crippen MR) is 53.6 cm³/mol. The lowest BCUT2D eigenvalue weighted by atomic mass is 10.1. The molecule has 0 N–H and O–H groups in total. The number of ether oxygens (including phenoxy) is 1. The molecule has 0 aromatic heterocycles. The Morgan fingerprint density at radius 1 is 1.18 bits per heavy atom. The third-order valence-electron chi connectivity index (χ3n) is 2.48. The zero-order valence-corrected chi connectivity index (χ0v) is 8.83. The van der Waals surface area contributed by atoms with Crippen LogP contribution in [-0.4, -0.2) is 30.3 Å². The Labute approximate surface area is 95.8 Å². The van der Waals surface area contributed by atoms with Crippen LogP contribution in [0.2, 0.25) is 0 Å². The number of rotatable bonds is 2. The molecule has 6 heteroatoms. The fourth-order valence-corrected chi connectivity index (χ4v) is 1.50. The molecule has 0 spiro atoms. The second-order valence-electron chi connectivity index (χ2n) is 3.72. The SMILES string of the molecule is O=C(c1ccc(OC(F)(F)F)cc1)N1CCC1. The van der Waals surface area contributed by atoms with Crippen molar-refractivity contribution in [2.45, 2.75) is 12.8 Å². The molecule has 1 aliphatic rings. The summed E-state index contributed by atoms with van der Waals surface area (Å²) in [6.45, 7) is 1.42. The summed E-state index contributed by atoms with van der Waals surface area (Å²) in [6, 6.07) is 4.95. The van der Waals surface area contributed by atoms with Gasteiger partial charge in [-0.1, -0.05) is 0 Å². The van der Waals surface area contributed by atoms with Crippen molar-refractivity contribution in [3.8, 4) is 5.75 Å². The Morgan fingerprint density at radius 3 is 2.18 bits per heavy atom. The first-order chi connectivity index (χ1) is 7.96. The number of hydrogen-bond donors (Lipinski definition) is 0. The highest BCUT2D eigenvalue weighted by atomic mass is 19.4. The Kier molecular flexibility index (Phi) is 2.95. The molecule has 1 fully saturated rings. The summed E-state index contributed by atoms with van der Waals surface area (Å²) in [5.41, 5.74) is 0.374. The molecule has 0 aliphatic carbocycles. The van der Waals surface area contributed by atoms with Gasteiger partial charge in [0.2, 0.25) is 0 Å². The molecular formula is C11H10F3NO2. The Bertz CT molecular complexity index is 410. The van der Waals surface area contributed by atoms with Gasteiger partial charge in [0.1, 0.15) is 5.75 Å². The van der Waals surface area contributed by atoms with Crippen LogP contribution >= 0.6 is 0 Å². The first kappa shape index (κ1) is 11.8. The average molecular weight is 245 g/mol. The molecule has 1 aromatic rings. The highest BCUT2D eigenvalue weighted by Gasteiger charge is 2.31. The average Bonchev–Trinajstić information content (AvgIpc) is 2.13. The van der Waals surface area contributed by atoms with Crippen molar-refractivity contribution < 1.29 is 22.7 Å². The van der Waals surface area contributed by atoms with E-state index in [9.17, 15) is 18.0 Å². The molecule has 0 saturated carbocycles. The lowest BCUT2D eigenvalue weighted by molar-refractivity contribution is -0.274. The van der Waals surface area contributed by atoms with E-state index in [4.69, 9.17) is 0 Å². The monoisotopic (exact) mass is 245 g/mol. The van der Waals surface area contributed by atoms with Crippen molar-refractivity contribution in [2.24, 2.45) is 0 Å². The van der Waals surface area contributed by atoms with Gasteiger partial charge >= 0.3 is 6.36 Å². The quantitative estimate of drug-likeness (QED) is 0.800. The second-order valence-corrected chi connectivity index (χ2v) is 3.72. The van der Waals surface area contributed by atoms with Crippen molar-refractivity contribution in [2.75, 3.05) is 13.1 Å². The second kappa shape index (κ2) is 4.27. The summed E-state index contributed by atoms with van der Waals surface area (Å²) in [5.74, 6) is -0.479. The van der Waals surface area contributed by atoms with Crippen LogP contribution < -0.4 is 4.74 Å². The molecule has 0 radical (unpaired) electrons. The van der Waals surface area contributed by atoms with Gasteiger partial charge in [-0.2, -0.15) is 0 Å². The van der Waals surface area contributed by atoms with Crippen LogP contribution in [0.5, 0.6) is 5.75 Å². The van der Waals surface area contributed by atoms with Gasteiger partial charge in [-0.15, -0.1) is 13.2 Å². The van der Waals surface area contributed by atoms with Crippen LogP contribution in [-0.2, 0) is 0 Å². The van der Waals surface area contributed by atoms with E-state index in [-0.39, 0.29) is 11.7 Å². The van der Waals surface area contributed by atoms with E-state index in [1.54, 1.807) is 4.90 Å². The number of benzene rings is 1. The molecule has 17 heavy (non-hydrogen) atoms. The van der Waals surface area contributed by atoms with E-state index in [2.05, 4.69) is 4.74 Å². The van der Waals surface area contributed by atoms with E-state index >= 15 is 0 Å². The zero-order chi connectivity index (χ0) is 12.5. The summed E-state index contributed by atoms with van der Waals surface area (Å²) < 4.78 is 39.4. The fraction of sp³-hybridized carbons (Fsp3) is 0.364. The normalized spacial score (nSPS) is 15.4. The molecule has 1 saturated heterocycles. The number of amides is 1. The molecule has 92 valence electrons. The molecule has 1 amide bonds. The van der Waals surface area contributed by atoms with Gasteiger partial charge in [-0.3, -0.25) is 4.79 Å². The number of hydrogen-bond acceptors (Lipinski definition) is 2. The van der Waals surface area contributed by atoms with Gasteiger partial charge in [-0.05, 0) is 30.7 Å². The van der Waals surface area contributed by atoms with Crippen molar-refractivity contribution >= 4 is 5.91 Å². The molecule has 0 atom stereocenters. The standard InChI is InChI=1S/C11H10F3NO2/c12-11(13,14)17-9-4-2-8(3-5-9)10(16)15-6-1-7-15/h2-5H,1,6-7H2. The van der Waals surface area contributed by atoms with Gasteiger partial charge in [0, 0.05) is 18.7 Å². The molecule has 3 nitrogen and oxygen atoms in total. The van der Waals surface area contributed by atoms with Crippen LogP contribution in [0.1, 0.15) is 16.8 Å². The van der Waals surface area contributed by atoms with Crippen LogP contribution in [0.25, 0.3) is 0 Å². The van der Waals surface area contributed by atoms with Gasteiger partial charge < -0.3 is 9.64 Å². The van der Waals surface area contributed by atoms with E-state index in [1.807, 2.05) is 0 Å². The van der Waals surface area contributed by atoms with Crippen molar-refractivity contribution in [3.63, 3.8) is 0 Å². The first-order valence-corrected chi connectivity index (χ1v) is 5.11. The molecular weight excluding hydrogens is 235 g/mol. The Morgan fingerprint density at radius 2 is 1.76 bits per heavy atom. The van der Waals surface area contributed by atoms with E-state index in [0.29, 0.717) is 18.7 Å². The minimum atomic E-state index is -4.71. The topological polar surface area (TPSA) is 29.5 Å². The Hall–Kier alpha value is -1.72. The summed E-state index contributed by atoms with van der Waals surface area (Å²) in [4.78, 5) is 13.3. The van der Waals surface area contributed by atoms with Crippen LogP contribution in [0, 0.1) is 0 Å². The molecule has 1 aromatic carbocycles.